The van der Waals surface area contributed by atoms with Crippen molar-refractivity contribution < 1.29 is 28.6 Å². The van der Waals surface area contributed by atoms with Gasteiger partial charge in [-0.15, -0.1) is 5.10 Å². The lowest BCUT2D eigenvalue weighted by molar-refractivity contribution is -0.145. The van der Waals surface area contributed by atoms with Gasteiger partial charge in [0.25, 0.3) is 5.56 Å². The molecule has 0 radical (unpaired) electrons. The molecule has 0 saturated heterocycles. The second-order valence-corrected chi connectivity index (χ2v) is 9.63. The third kappa shape index (κ3) is 3.89. The van der Waals surface area contributed by atoms with Crippen molar-refractivity contribution in [1.29, 1.82) is 0 Å². The Morgan fingerprint density at radius 2 is 1.80 bits per heavy atom. The fraction of sp³-hybridized carbons (Fsp3) is 0.133. The van der Waals surface area contributed by atoms with Crippen molar-refractivity contribution >= 4 is 28.5 Å². The standard InChI is InChI=1S/C30H20N4O7/c1-39-19-8-9-21-24(11-19)27-26(28(21)36)20-4-2-3-5-22(20)29(37)33(27)13-25(35)40-15-17-12-34(32-31-17)18-7-6-16-14-41-30(38)23(16)10-18/h2-12H,13-15H2,1H3. The van der Waals surface area contributed by atoms with E-state index in [1.807, 2.05) is 0 Å². The Hall–Kier alpha value is -5.58. The number of aromatic nitrogens is 4. The van der Waals surface area contributed by atoms with Crippen LogP contribution in [0.4, 0.5) is 0 Å². The van der Waals surface area contributed by atoms with Gasteiger partial charge >= 0.3 is 11.9 Å². The Morgan fingerprint density at radius 1 is 0.976 bits per heavy atom. The molecule has 3 heterocycles. The number of fused-ring (bicyclic) bond motifs is 6. The first-order valence-corrected chi connectivity index (χ1v) is 12.7. The molecule has 41 heavy (non-hydrogen) atoms. The molecular weight excluding hydrogens is 528 g/mol. The molecule has 1 aliphatic heterocycles. The average molecular weight is 549 g/mol. The molecule has 0 saturated carbocycles. The topological polar surface area (TPSA) is 132 Å². The summed E-state index contributed by atoms with van der Waals surface area (Å²) in [5.41, 5.74) is 3.47. The summed E-state index contributed by atoms with van der Waals surface area (Å²) in [5, 5.41) is 8.96. The van der Waals surface area contributed by atoms with Gasteiger partial charge in [-0.3, -0.25) is 19.0 Å². The summed E-state index contributed by atoms with van der Waals surface area (Å²) in [6, 6.07) is 17.1. The molecule has 0 spiro atoms. The smallest absolute Gasteiger partial charge is 0.338 e. The van der Waals surface area contributed by atoms with Crippen molar-refractivity contribution in [3.63, 3.8) is 0 Å². The number of benzene rings is 3. The Kier molecular flexibility index (Phi) is 5.53. The predicted molar refractivity (Wildman–Crippen MR) is 144 cm³/mol. The zero-order valence-electron chi connectivity index (χ0n) is 21.6. The van der Waals surface area contributed by atoms with Crippen LogP contribution in [0.1, 0.15) is 37.5 Å². The minimum Gasteiger partial charge on any atom is -0.497 e. The van der Waals surface area contributed by atoms with Crippen LogP contribution in [-0.2, 0) is 34.0 Å². The highest BCUT2D eigenvalue weighted by Crippen LogP contribution is 2.41. The molecule has 11 nitrogen and oxygen atoms in total. The molecule has 1 aliphatic carbocycles. The molecular formula is C30H20N4O7. The van der Waals surface area contributed by atoms with Gasteiger partial charge in [0.15, 0.2) is 5.78 Å². The maximum absolute atomic E-state index is 13.6. The molecule has 2 aromatic heterocycles. The van der Waals surface area contributed by atoms with Crippen molar-refractivity contribution in [1.82, 2.24) is 19.6 Å². The second kappa shape index (κ2) is 9.26. The molecule has 11 heteroatoms. The number of rotatable bonds is 6. The minimum atomic E-state index is -0.691. The Morgan fingerprint density at radius 3 is 2.63 bits per heavy atom. The normalized spacial score (nSPS) is 13.1. The number of carbonyl (C=O) groups excluding carboxylic acids is 3. The van der Waals surface area contributed by atoms with Gasteiger partial charge in [-0.25, -0.2) is 9.48 Å². The number of carbonyl (C=O) groups is 3. The first kappa shape index (κ1) is 24.5. The van der Waals surface area contributed by atoms with Gasteiger partial charge in [0.05, 0.1) is 35.8 Å². The van der Waals surface area contributed by atoms with E-state index in [1.54, 1.807) is 66.9 Å². The second-order valence-electron chi connectivity index (χ2n) is 9.63. The highest BCUT2D eigenvalue weighted by atomic mass is 16.5. The Labute approximate surface area is 231 Å². The van der Waals surface area contributed by atoms with E-state index < -0.39 is 24.0 Å². The minimum absolute atomic E-state index is 0.195. The SMILES string of the molecule is COc1ccc2c(c1)-c1c(c3ccccc3c(=O)n1CC(=O)OCc1cn(-c3ccc4c(c3)C(=O)OC4)nn1)C2=O. The van der Waals surface area contributed by atoms with E-state index in [4.69, 9.17) is 14.2 Å². The summed E-state index contributed by atoms with van der Waals surface area (Å²) in [7, 11) is 1.51. The van der Waals surface area contributed by atoms with Crippen LogP contribution in [0, 0.1) is 0 Å². The van der Waals surface area contributed by atoms with E-state index in [2.05, 4.69) is 10.3 Å². The summed E-state index contributed by atoms with van der Waals surface area (Å²) in [5.74, 6) is -0.799. The number of hydrogen-bond donors (Lipinski definition) is 0. The molecule has 2 aliphatic rings. The lowest BCUT2D eigenvalue weighted by Crippen LogP contribution is -2.27. The largest absolute Gasteiger partial charge is 0.497 e. The van der Waals surface area contributed by atoms with E-state index in [9.17, 15) is 19.2 Å². The van der Waals surface area contributed by atoms with Gasteiger partial charge in [-0.2, -0.15) is 0 Å². The van der Waals surface area contributed by atoms with E-state index in [-0.39, 0.29) is 19.0 Å². The Bertz CT molecular complexity index is 2010. The van der Waals surface area contributed by atoms with E-state index in [0.29, 0.717) is 55.9 Å². The van der Waals surface area contributed by atoms with Gasteiger partial charge in [-0.05, 0) is 36.4 Å². The van der Waals surface area contributed by atoms with Gasteiger partial charge < -0.3 is 14.2 Å². The third-order valence-electron chi connectivity index (χ3n) is 7.28. The van der Waals surface area contributed by atoms with Crippen LogP contribution in [0.25, 0.3) is 27.7 Å². The summed E-state index contributed by atoms with van der Waals surface area (Å²) < 4.78 is 18.6. The highest BCUT2D eigenvalue weighted by molar-refractivity contribution is 6.26. The number of cyclic esters (lactones) is 1. The fourth-order valence-electron chi connectivity index (χ4n) is 5.30. The van der Waals surface area contributed by atoms with Crippen molar-refractivity contribution in [2.45, 2.75) is 19.8 Å². The van der Waals surface area contributed by atoms with Crippen LogP contribution in [0.15, 0.2) is 71.7 Å². The lowest BCUT2D eigenvalue weighted by atomic mass is 10.0. The van der Waals surface area contributed by atoms with E-state index in [1.165, 1.54) is 16.4 Å². The van der Waals surface area contributed by atoms with Crippen LogP contribution >= 0.6 is 0 Å². The molecule has 0 amide bonds. The molecule has 7 rings (SSSR count). The first-order chi connectivity index (χ1) is 19.9. The zero-order valence-corrected chi connectivity index (χ0v) is 21.6. The average Bonchev–Trinajstić information content (AvgIpc) is 3.70. The molecule has 5 aromatic rings. The van der Waals surface area contributed by atoms with Crippen molar-refractivity contribution in [2.75, 3.05) is 7.11 Å². The van der Waals surface area contributed by atoms with Crippen molar-refractivity contribution in [3.05, 3.63) is 105 Å². The molecule has 0 fully saturated rings. The van der Waals surface area contributed by atoms with Gasteiger partial charge in [-0.1, -0.05) is 29.5 Å². The number of hydrogen-bond acceptors (Lipinski definition) is 9. The summed E-state index contributed by atoms with van der Waals surface area (Å²) >= 11 is 0. The van der Waals surface area contributed by atoms with Crippen LogP contribution < -0.4 is 10.3 Å². The monoisotopic (exact) mass is 548 g/mol. The van der Waals surface area contributed by atoms with Crippen LogP contribution in [-0.4, -0.2) is 44.4 Å². The highest BCUT2D eigenvalue weighted by Gasteiger charge is 2.33. The summed E-state index contributed by atoms with van der Waals surface area (Å²) in [6.07, 6.45) is 1.58. The fourth-order valence-corrected chi connectivity index (χ4v) is 5.30. The summed E-state index contributed by atoms with van der Waals surface area (Å²) in [4.78, 5) is 52.0. The third-order valence-corrected chi connectivity index (χ3v) is 7.28. The molecule has 0 N–H and O–H groups in total. The zero-order chi connectivity index (χ0) is 28.2. The number of pyridine rings is 1. The Balaban J connectivity index is 1.18. The summed E-state index contributed by atoms with van der Waals surface area (Å²) in [6.45, 7) is -0.375. The lowest BCUT2D eigenvalue weighted by Gasteiger charge is -2.14. The quantitative estimate of drug-likeness (QED) is 0.288. The van der Waals surface area contributed by atoms with E-state index in [0.717, 1.165) is 5.56 Å². The number of ether oxygens (including phenoxy) is 3. The number of esters is 2. The van der Waals surface area contributed by atoms with Crippen molar-refractivity contribution in [2.24, 2.45) is 0 Å². The van der Waals surface area contributed by atoms with Gasteiger partial charge in [0, 0.05) is 27.5 Å². The number of nitrogens with zero attached hydrogens (tertiary/aromatic N) is 4. The molecule has 0 unspecified atom stereocenters. The van der Waals surface area contributed by atoms with E-state index >= 15 is 0 Å². The molecule has 0 bridgehead atoms. The molecule has 202 valence electrons. The predicted octanol–water partition coefficient (Wildman–Crippen LogP) is 3.22. The van der Waals surface area contributed by atoms with Crippen LogP contribution in [0.5, 0.6) is 5.75 Å². The molecule has 0 atom stereocenters. The maximum Gasteiger partial charge on any atom is 0.338 e. The van der Waals surface area contributed by atoms with Gasteiger partial charge in [0.2, 0.25) is 0 Å². The van der Waals surface area contributed by atoms with Crippen LogP contribution in [0.2, 0.25) is 0 Å². The number of methoxy groups -OCH3 is 1. The molecule has 3 aromatic carbocycles. The first-order valence-electron chi connectivity index (χ1n) is 12.7. The van der Waals surface area contributed by atoms with Gasteiger partial charge in [0.1, 0.15) is 31.2 Å². The van der Waals surface area contributed by atoms with Crippen molar-refractivity contribution in [3.8, 4) is 22.7 Å². The number of ketones is 1. The maximum atomic E-state index is 13.6. The van der Waals surface area contributed by atoms with Crippen LogP contribution in [0.3, 0.4) is 0 Å².